The number of rotatable bonds is 3. The molecule has 0 fully saturated rings. The van der Waals surface area contributed by atoms with Crippen LogP contribution < -0.4 is 5.32 Å². The average molecular weight is 330 g/mol. The van der Waals surface area contributed by atoms with Crippen LogP contribution in [0.4, 0.5) is 23.9 Å². The number of carbonyl (C=O) groups is 1. The first kappa shape index (κ1) is 16.0. The summed E-state index contributed by atoms with van der Waals surface area (Å²) in [5.41, 5.74) is -0.835. The lowest BCUT2D eigenvalue weighted by molar-refractivity contribution is -0.380. The van der Waals surface area contributed by atoms with Crippen LogP contribution in [0, 0.1) is 17.0 Å². The Morgan fingerprint density at radius 2 is 1.95 bits per heavy atom. The second-order valence-corrected chi connectivity index (χ2v) is 5.44. The summed E-state index contributed by atoms with van der Waals surface area (Å²) < 4.78 is 38.4. The number of hydrogen-bond acceptors (Lipinski definition) is 4. The number of aryl methyl sites for hydroxylation is 1. The number of nitro groups is 1. The molecule has 1 N–H and O–H groups in total. The minimum Gasteiger partial charge on any atom is -0.321 e. The molecule has 0 spiro atoms. The van der Waals surface area contributed by atoms with E-state index in [1.807, 2.05) is 0 Å². The third kappa shape index (κ3) is 3.42. The first-order chi connectivity index (χ1) is 10.2. The van der Waals surface area contributed by atoms with Crippen molar-refractivity contribution >= 4 is 27.9 Å². The Morgan fingerprint density at radius 3 is 2.50 bits per heavy atom. The third-order valence-electron chi connectivity index (χ3n) is 2.80. The molecular weight excluding hydrogens is 321 g/mol. The molecule has 116 valence electrons. The summed E-state index contributed by atoms with van der Waals surface area (Å²) in [5, 5.41) is 12.6. The molecule has 1 heterocycles. The number of hydrogen-bond donors (Lipinski definition) is 1. The van der Waals surface area contributed by atoms with Gasteiger partial charge in [-0.05, 0) is 30.7 Å². The van der Waals surface area contributed by atoms with Gasteiger partial charge in [-0.15, -0.1) is 0 Å². The Bertz CT molecular complexity index is 740. The molecule has 1 aromatic carbocycles. The van der Waals surface area contributed by atoms with Crippen molar-refractivity contribution < 1.29 is 22.9 Å². The highest BCUT2D eigenvalue weighted by atomic mass is 32.1. The van der Waals surface area contributed by atoms with Crippen molar-refractivity contribution in [1.29, 1.82) is 0 Å². The highest BCUT2D eigenvalue weighted by molar-refractivity contribution is 7.17. The molecule has 0 unspecified atom stereocenters. The van der Waals surface area contributed by atoms with Gasteiger partial charge >= 0.3 is 11.2 Å². The van der Waals surface area contributed by atoms with Gasteiger partial charge in [0.2, 0.25) is 0 Å². The summed E-state index contributed by atoms with van der Waals surface area (Å²) in [4.78, 5) is 21.8. The number of nitrogens with zero attached hydrogens (tertiary/aromatic N) is 1. The number of alkyl halides is 3. The molecule has 0 saturated heterocycles. The lowest BCUT2D eigenvalue weighted by Crippen LogP contribution is -2.13. The number of amides is 1. The molecule has 2 aromatic rings. The molecule has 5 nitrogen and oxygen atoms in total. The van der Waals surface area contributed by atoms with Crippen LogP contribution in [0.1, 0.15) is 20.8 Å². The van der Waals surface area contributed by atoms with E-state index in [9.17, 15) is 28.1 Å². The highest BCUT2D eigenvalue weighted by Crippen LogP contribution is 2.33. The quantitative estimate of drug-likeness (QED) is 0.676. The Kier molecular flexibility index (Phi) is 4.18. The molecular formula is C13H9F3N2O3S. The van der Waals surface area contributed by atoms with Crippen LogP contribution in [0.15, 0.2) is 30.3 Å². The van der Waals surface area contributed by atoms with Crippen LogP contribution in [0.25, 0.3) is 0 Å². The van der Waals surface area contributed by atoms with Crippen LogP contribution in [-0.2, 0) is 6.18 Å². The largest absolute Gasteiger partial charge is 0.416 e. The summed E-state index contributed by atoms with van der Waals surface area (Å²) >= 11 is 0.648. The molecule has 0 aliphatic carbocycles. The monoisotopic (exact) mass is 330 g/mol. The van der Waals surface area contributed by atoms with Crippen molar-refractivity contribution in [1.82, 2.24) is 0 Å². The fraction of sp³-hybridized carbons (Fsp3) is 0.154. The van der Waals surface area contributed by atoms with Crippen LogP contribution in [0.2, 0.25) is 0 Å². The Hall–Kier alpha value is -2.42. The van der Waals surface area contributed by atoms with Gasteiger partial charge in [-0.3, -0.25) is 14.9 Å². The van der Waals surface area contributed by atoms with E-state index in [2.05, 4.69) is 5.32 Å². The standard InChI is InChI=1S/C13H9F3N2O3S/c1-7-2-3-8(6-9(7)13(14,15)16)17-12(19)10-4-5-11(22-10)18(20)21/h2-6H,1H3,(H,17,19). The van der Waals surface area contributed by atoms with E-state index in [-0.39, 0.29) is 21.1 Å². The molecule has 1 amide bonds. The van der Waals surface area contributed by atoms with Gasteiger partial charge in [0, 0.05) is 11.8 Å². The molecule has 0 bridgehead atoms. The van der Waals surface area contributed by atoms with Gasteiger partial charge in [0.15, 0.2) is 0 Å². The number of anilines is 1. The van der Waals surface area contributed by atoms with Gasteiger partial charge in [-0.2, -0.15) is 13.2 Å². The highest BCUT2D eigenvalue weighted by Gasteiger charge is 2.32. The topological polar surface area (TPSA) is 72.2 Å². The van der Waals surface area contributed by atoms with Gasteiger partial charge in [0.1, 0.15) is 0 Å². The summed E-state index contributed by atoms with van der Waals surface area (Å²) in [7, 11) is 0. The zero-order chi connectivity index (χ0) is 16.5. The number of carbonyl (C=O) groups excluding carboxylic acids is 1. The molecule has 0 saturated carbocycles. The predicted octanol–water partition coefficient (Wildman–Crippen LogP) is 4.24. The maximum atomic E-state index is 12.8. The Labute approximate surface area is 126 Å². The molecule has 0 radical (unpaired) electrons. The lowest BCUT2D eigenvalue weighted by Gasteiger charge is -2.12. The first-order valence-corrected chi connectivity index (χ1v) is 6.73. The van der Waals surface area contributed by atoms with Gasteiger partial charge in [0.25, 0.3) is 5.91 Å². The first-order valence-electron chi connectivity index (χ1n) is 5.92. The number of thiophene rings is 1. The maximum Gasteiger partial charge on any atom is 0.416 e. The van der Waals surface area contributed by atoms with Crippen LogP contribution in [-0.4, -0.2) is 10.8 Å². The van der Waals surface area contributed by atoms with Gasteiger partial charge in [-0.1, -0.05) is 17.4 Å². The van der Waals surface area contributed by atoms with Crippen molar-refractivity contribution in [3.63, 3.8) is 0 Å². The van der Waals surface area contributed by atoms with Crippen molar-refractivity contribution in [3.05, 3.63) is 56.5 Å². The van der Waals surface area contributed by atoms with Crippen molar-refractivity contribution in [2.75, 3.05) is 5.32 Å². The Morgan fingerprint density at radius 1 is 1.27 bits per heavy atom. The third-order valence-corrected chi connectivity index (χ3v) is 3.83. The van der Waals surface area contributed by atoms with E-state index in [1.165, 1.54) is 25.1 Å². The molecule has 0 aliphatic heterocycles. The Balaban J connectivity index is 2.23. The van der Waals surface area contributed by atoms with E-state index in [0.29, 0.717) is 11.3 Å². The van der Waals surface area contributed by atoms with E-state index in [0.717, 1.165) is 12.1 Å². The molecule has 1 aromatic heterocycles. The fourth-order valence-electron chi connectivity index (χ4n) is 1.75. The van der Waals surface area contributed by atoms with Crippen LogP contribution >= 0.6 is 11.3 Å². The smallest absolute Gasteiger partial charge is 0.321 e. The normalized spacial score (nSPS) is 11.3. The summed E-state index contributed by atoms with van der Waals surface area (Å²) in [5.74, 6) is -0.699. The van der Waals surface area contributed by atoms with Crippen molar-refractivity contribution in [3.8, 4) is 0 Å². The maximum absolute atomic E-state index is 12.8. The minimum atomic E-state index is -4.52. The molecule has 0 atom stereocenters. The molecule has 22 heavy (non-hydrogen) atoms. The SMILES string of the molecule is Cc1ccc(NC(=O)c2ccc([N+](=O)[O-])s2)cc1C(F)(F)F. The van der Waals surface area contributed by atoms with Crippen LogP contribution in [0.3, 0.4) is 0 Å². The number of nitrogens with one attached hydrogen (secondary N) is 1. The minimum absolute atomic E-state index is 0.0287. The number of benzene rings is 1. The summed E-state index contributed by atoms with van der Waals surface area (Å²) in [6, 6.07) is 5.82. The summed E-state index contributed by atoms with van der Waals surface area (Å²) in [6.45, 7) is 1.32. The van der Waals surface area contributed by atoms with E-state index >= 15 is 0 Å². The van der Waals surface area contributed by atoms with E-state index in [4.69, 9.17) is 0 Å². The van der Waals surface area contributed by atoms with Gasteiger partial charge in [0.05, 0.1) is 15.4 Å². The molecule has 9 heteroatoms. The predicted molar refractivity (Wildman–Crippen MR) is 75.1 cm³/mol. The molecule has 2 rings (SSSR count). The number of halogens is 3. The van der Waals surface area contributed by atoms with Crippen LogP contribution in [0.5, 0.6) is 0 Å². The van der Waals surface area contributed by atoms with Gasteiger partial charge < -0.3 is 5.32 Å². The van der Waals surface area contributed by atoms with Crippen molar-refractivity contribution in [2.45, 2.75) is 13.1 Å². The van der Waals surface area contributed by atoms with Crippen molar-refractivity contribution in [2.24, 2.45) is 0 Å². The molecule has 0 aliphatic rings. The van der Waals surface area contributed by atoms with E-state index in [1.54, 1.807) is 0 Å². The fourth-order valence-corrected chi connectivity index (χ4v) is 2.46. The van der Waals surface area contributed by atoms with E-state index < -0.39 is 22.6 Å². The van der Waals surface area contributed by atoms with Gasteiger partial charge in [-0.25, -0.2) is 0 Å². The zero-order valence-corrected chi connectivity index (χ0v) is 11.9. The lowest BCUT2D eigenvalue weighted by atomic mass is 10.1. The summed E-state index contributed by atoms with van der Waals surface area (Å²) in [6.07, 6.45) is -4.52. The zero-order valence-electron chi connectivity index (χ0n) is 11.1. The average Bonchev–Trinajstić information content (AvgIpc) is 2.89. The second-order valence-electron chi connectivity index (χ2n) is 4.38. The second kappa shape index (κ2) is 5.76.